The van der Waals surface area contributed by atoms with Crippen LogP contribution >= 0.6 is 11.8 Å². The molecule has 0 amide bonds. The summed E-state index contributed by atoms with van der Waals surface area (Å²) in [5.41, 5.74) is 1.28. The van der Waals surface area contributed by atoms with E-state index < -0.39 is 0 Å². The molecule has 2 aromatic rings. The predicted molar refractivity (Wildman–Crippen MR) is 100.0 cm³/mol. The van der Waals surface area contributed by atoms with Crippen LogP contribution in [0.25, 0.3) is 10.8 Å². The Balaban J connectivity index is 1.60. The number of benzene rings is 2. The van der Waals surface area contributed by atoms with E-state index in [0.29, 0.717) is 6.54 Å². The molecule has 124 valence electrons. The second-order valence-corrected chi connectivity index (χ2v) is 8.05. The third-order valence-electron chi connectivity index (χ3n) is 4.46. The molecule has 0 aliphatic carbocycles. The van der Waals surface area contributed by atoms with Gasteiger partial charge in [0.1, 0.15) is 0 Å². The molecule has 1 saturated heterocycles. The van der Waals surface area contributed by atoms with Gasteiger partial charge in [0.05, 0.1) is 6.10 Å². The summed E-state index contributed by atoms with van der Waals surface area (Å²) in [6.45, 7) is 5.02. The van der Waals surface area contributed by atoms with Crippen LogP contribution in [-0.2, 0) is 6.42 Å². The molecule has 23 heavy (non-hydrogen) atoms. The standard InChI is InChI=1S/C19H26N2OS/c1-19(2,21-11-18(22)17-12-23-13-20-17)10-14-7-8-15-5-3-4-6-16(15)9-14/h3-9,17-18,20-22H,10-13H2,1-2H3. The van der Waals surface area contributed by atoms with E-state index in [1.807, 2.05) is 11.8 Å². The van der Waals surface area contributed by atoms with Crippen molar-refractivity contribution in [3.63, 3.8) is 0 Å². The zero-order valence-corrected chi connectivity index (χ0v) is 14.7. The Hall–Kier alpha value is -1.07. The molecule has 0 bridgehead atoms. The number of thioether (sulfide) groups is 1. The molecule has 0 radical (unpaired) electrons. The van der Waals surface area contributed by atoms with Crippen molar-refractivity contribution in [1.82, 2.24) is 10.6 Å². The highest BCUT2D eigenvalue weighted by atomic mass is 32.2. The van der Waals surface area contributed by atoms with Crippen LogP contribution in [0.1, 0.15) is 19.4 Å². The van der Waals surface area contributed by atoms with Gasteiger partial charge in [0.2, 0.25) is 0 Å². The molecule has 1 fully saturated rings. The largest absolute Gasteiger partial charge is 0.390 e. The zero-order chi connectivity index (χ0) is 16.3. The van der Waals surface area contributed by atoms with Crippen molar-refractivity contribution >= 4 is 22.5 Å². The summed E-state index contributed by atoms with van der Waals surface area (Å²) in [6.07, 6.45) is 0.609. The van der Waals surface area contributed by atoms with E-state index in [2.05, 4.69) is 66.9 Å². The van der Waals surface area contributed by atoms with E-state index in [0.717, 1.165) is 18.1 Å². The fourth-order valence-corrected chi connectivity index (χ4v) is 4.15. The molecule has 4 heteroatoms. The number of fused-ring (bicyclic) bond motifs is 1. The summed E-state index contributed by atoms with van der Waals surface area (Å²) in [5, 5.41) is 19.7. The molecule has 0 spiro atoms. The van der Waals surface area contributed by atoms with E-state index in [9.17, 15) is 5.11 Å². The molecule has 0 saturated carbocycles. The Bertz CT molecular complexity index is 653. The third kappa shape index (κ3) is 4.48. The van der Waals surface area contributed by atoms with E-state index in [4.69, 9.17) is 0 Å². The van der Waals surface area contributed by atoms with Crippen molar-refractivity contribution < 1.29 is 5.11 Å². The summed E-state index contributed by atoms with van der Waals surface area (Å²) < 4.78 is 0. The quantitative estimate of drug-likeness (QED) is 0.762. The fourth-order valence-electron chi connectivity index (χ4n) is 3.10. The van der Waals surface area contributed by atoms with Crippen molar-refractivity contribution in [2.45, 2.75) is 38.0 Å². The lowest BCUT2D eigenvalue weighted by atomic mass is 9.93. The van der Waals surface area contributed by atoms with Crippen LogP contribution in [0.15, 0.2) is 42.5 Å². The normalized spacial score (nSPS) is 20.0. The van der Waals surface area contributed by atoms with Gasteiger partial charge >= 0.3 is 0 Å². The maximum Gasteiger partial charge on any atom is 0.0825 e. The summed E-state index contributed by atoms with van der Waals surface area (Å²) in [5.74, 6) is 1.94. The fraction of sp³-hybridized carbons (Fsp3) is 0.474. The van der Waals surface area contributed by atoms with E-state index in [1.165, 1.54) is 16.3 Å². The number of hydrogen-bond donors (Lipinski definition) is 3. The first-order valence-electron chi connectivity index (χ1n) is 8.25. The van der Waals surface area contributed by atoms with E-state index in [1.54, 1.807) is 0 Å². The van der Waals surface area contributed by atoms with Gasteiger partial charge in [-0.05, 0) is 36.6 Å². The maximum atomic E-state index is 10.3. The van der Waals surface area contributed by atoms with Gasteiger partial charge in [-0.25, -0.2) is 0 Å². The van der Waals surface area contributed by atoms with Crippen LogP contribution < -0.4 is 10.6 Å². The average molecular weight is 330 g/mol. The van der Waals surface area contributed by atoms with Crippen molar-refractivity contribution in [3.05, 3.63) is 48.0 Å². The van der Waals surface area contributed by atoms with Gasteiger partial charge in [-0.15, -0.1) is 11.8 Å². The maximum absolute atomic E-state index is 10.3. The van der Waals surface area contributed by atoms with Crippen molar-refractivity contribution in [1.29, 1.82) is 0 Å². The van der Waals surface area contributed by atoms with Crippen LogP contribution in [0.3, 0.4) is 0 Å². The second-order valence-electron chi connectivity index (χ2n) is 7.02. The van der Waals surface area contributed by atoms with Gasteiger partial charge in [-0.2, -0.15) is 0 Å². The molecule has 0 aromatic heterocycles. The molecular weight excluding hydrogens is 304 g/mol. The molecule has 3 N–H and O–H groups in total. The molecule has 2 unspecified atom stereocenters. The Morgan fingerprint density at radius 3 is 2.78 bits per heavy atom. The van der Waals surface area contributed by atoms with Crippen LogP contribution in [0.4, 0.5) is 0 Å². The Labute approximate surface area is 142 Å². The molecule has 1 heterocycles. The number of nitrogens with one attached hydrogen (secondary N) is 2. The van der Waals surface area contributed by atoms with Crippen LogP contribution in [0.5, 0.6) is 0 Å². The van der Waals surface area contributed by atoms with Gasteiger partial charge < -0.3 is 15.7 Å². The Morgan fingerprint density at radius 2 is 2.04 bits per heavy atom. The lowest BCUT2D eigenvalue weighted by Crippen LogP contribution is -2.50. The van der Waals surface area contributed by atoms with Gasteiger partial charge in [-0.1, -0.05) is 42.5 Å². The Kier molecular flexibility index (Phi) is 5.27. The van der Waals surface area contributed by atoms with Gasteiger partial charge in [0.15, 0.2) is 0 Å². The predicted octanol–water partition coefficient (Wildman–Crippen LogP) is 2.77. The van der Waals surface area contributed by atoms with Crippen LogP contribution in [0, 0.1) is 0 Å². The topological polar surface area (TPSA) is 44.3 Å². The van der Waals surface area contributed by atoms with Crippen molar-refractivity contribution in [2.75, 3.05) is 18.2 Å². The molecule has 2 aromatic carbocycles. The van der Waals surface area contributed by atoms with Gasteiger partial charge in [-0.3, -0.25) is 0 Å². The van der Waals surface area contributed by atoms with E-state index in [-0.39, 0.29) is 17.7 Å². The molecule has 2 atom stereocenters. The van der Waals surface area contributed by atoms with Gasteiger partial charge in [0.25, 0.3) is 0 Å². The highest BCUT2D eigenvalue weighted by molar-refractivity contribution is 7.99. The first-order valence-corrected chi connectivity index (χ1v) is 9.41. The number of β-amino-alcohol motifs (C(OH)–C–C–N with tert-alkyl or cyclic N) is 1. The number of rotatable bonds is 6. The van der Waals surface area contributed by atoms with Crippen molar-refractivity contribution in [3.8, 4) is 0 Å². The highest BCUT2D eigenvalue weighted by Gasteiger charge is 2.25. The summed E-state index contributed by atoms with van der Waals surface area (Å²) in [6, 6.07) is 15.3. The lowest BCUT2D eigenvalue weighted by Gasteiger charge is -2.29. The number of aliphatic hydroxyl groups is 1. The van der Waals surface area contributed by atoms with Gasteiger partial charge in [0, 0.05) is 29.8 Å². The summed E-state index contributed by atoms with van der Waals surface area (Å²) >= 11 is 1.85. The van der Waals surface area contributed by atoms with E-state index >= 15 is 0 Å². The van der Waals surface area contributed by atoms with Crippen molar-refractivity contribution in [2.24, 2.45) is 0 Å². The van der Waals surface area contributed by atoms with Crippen LogP contribution in [-0.4, -0.2) is 41.0 Å². The third-order valence-corrected chi connectivity index (χ3v) is 5.42. The SMILES string of the molecule is CC(C)(Cc1ccc2ccccc2c1)NCC(O)C1CSCN1. The number of hydrogen-bond acceptors (Lipinski definition) is 4. The highest BCUT2D eigenvalue weighted by Crippen LogP contribution is 2.20. The Morgan fingerprint density at radius 1 is 1.26 bits per heavy atom. The molecule has 3 nitrogen and oxygen atoms in total. The summed E-state index contributed by atoms with van der Waals surface area (Å²) in [7, 11) is 0. The molecule has 1 aliphatic rings. The second kappa shape index (κ2) is 7.22. The molecule has 1 aliphatic heterocycles. The summed E-state index contributed by atoms with van der Waals surface area (Å²) in [4.78, 5) is 0. The first kappa shape index (κ1) is 16.8. The lowest BCUT2D eigenvalue weighted by molar-refractivity contribution is 0.129. The molecular formula is C19H26N2OS. The smallest absolute Gasteiger partial charge is 0.0825 e. The minimum atomic E-state index is -0.333. The van der Waals surface area contributed by atoms with Crippen LogP contribution in [0.2, 0.25) is 0 Å². The minimum Gasteiger partial charge on any atom is -0.390 e. The zero-order valence-electron chi connectivity index (χ0n) is 13.9. The first-order chi connectivity index (χ1) is 11.0. The number of aliphatic hydroxyl groups excluding tert-OH is 1. The molecule has 3 rings (SSSR count). The minimum absolute atomic E-state index is 0.0464. The average Bonchev–Trinajstić information content (AvgIpc) is 3.07. The monoisotopic (exact) mass is 330 g/mol.